The number of anilines is 1. The van der Waals surface area contributed by atoms with Crippen molar-refractivity contribution in [1.82, 2.24) is 4.57 Å². The number of nitrogen functional groups attached to an aromatic ring is 1. The quantitative estimate of drug-likeness (QED) is 0.822. The number of aromatic nitrogens is 1. The van der Waals surface area contributed by atoms with E-state index in [1.807, 2.05) is 0 Å². The monoisotopic (exact) mass is 276 g/mol. The maximum Gasteiger partial charge on any atom is 0.341 e. The molecule has 3 N–H and O–H groups in total. The van der Waals surface area contributed by atoms with Gasteiger partial charge in [0.25, 0.3) is 0 Å². The number of hydrogen-bond donors (Lipinski definition) is 2. The number of rotatable bonds is 2. The van der Waals surface area contributed by atoms with Crippen molar-refractivity contribution in [3.8, 4) is 0 Å². The maximum atomic E-state index is 13.8. The summed E-state index contributed by atoms with van der Waals surface area (Å²) in [6, 6.07) is 1.43. The second-order valence-corrected chi connectivity index (χ2v) is 5.13. The zero-order valence-electron chi connectivity index (χ0n) is 10.8. The van der Waals surface area contributed by atoms with Gasteiger partial charge in [-0.1, -0.05) is 0 Å². The third-order valence-corrected chi connectivity index (χ3v) is 3.65. The fourth-order valence-electron chi connectivity index (χ4n) is 2.53. The Labute approximate surface area is 113 Å². The zero-order valence-corrected chi connectivity index (χ0v) is 10.8. The van der Waals surface area contributed by atoms with Gasteiger partial charge < -0.3 is 15.4 Å². The Bertz CT molecular complexity index is 806. The molecule has 6 heteroatoms. The van der Waals surface area contributed by atoms with E-state index in [1.54, 1.807) is 11.5 Å². The van der Waals surface area contributed by atoms with Gasteiger partial charge in [0.1, 0.15) is 11.4 Å². The zero-order chi connectivity index (χ0) is 14.6. The molecule has 0 spiro atoms. The minimum atomic E-state index is -1.33. The molecule has 1 aliphatic rings. The molecule has 1 saturated carbocycles. The van der Waals surface area contributed by atoms with E-state index in [-0.39, 0.29) is 22.7 Å². The molecule has 0 radical (unpaired) electrons. The summed E-state index contributed by atoms with van der Waals surface area (Å²) in [7, 11) is 0. The van der Waals surface area contributed by atoms with Gasteiger partial charge in [-0.05, 0) is 31.4 Å². The largest absolute Gasteiger partial charge is 0.477 e. The highest BCUT2D eigenvalue weighted by molar-refractivity contribution is 5.98. The summed E-state index contributed by atoms with van der Waals surface area (Å²) in [5.74, 6) is -2.02. The van der Waals surface area contributed by atoms with Crippen molar-refractivity contribution in [3.63, 3.8) is 0 Å². The van der Waals surface area contributed by atoms with Crippen LogP contribution in [0.25, 0.3) is 10.9 Å². The van der Waals surface area contributed by atoms with Crippen LogP contribution in [0, 0.1) is 12.7 Å². The summed E-state index contributed by atoms with van der Waals surface area (Å²) in [6.07, 6.45) is 3.16. The molecule has 0 bridgehead atoms. The molecule has 0 atom stereocenters. The molecular formula is C14H13FN2O3. The number of aromatic carboxylic acids is 1. The molecular weight excluding hydrogens is 263 g/mol. The van der Waals surface area contributed by atoms with Crippen molar-refractivity contribution in [2.24, 2.45) is 0 Å². The Morgan fingerprint density at radius 3 is 2.70 bits per heavy atom. The first kappa shape index (κ1) is 12.7. The average molecular weight is 276 g/mol. The topological polar surface area (TPSA) is 85.3 Å². The number of carboxylic acid groups (broad SMARTS) is 1. The van der Waals surface area contributed by atoms with Gasteiger partial charge in [-0.2, -0.15) is 0 Å². The number of carboxylic acids is 1. The number of aryl methyl sites for hydroxylation is 1. The Balaban J connectivity index is 2.55. The summed E-state index contributed by atoms with van der Waals surface area (Å²) in [5.41, 5.74) is 5.38. The van der Waals surface area contributed by atoms with Crippen LogP contribution in [0.15, 0.2) is 17.1 Å². The van der Waals surface area contributed by atoms with Crippen molar-refractivity contribution < 1.29 is 14.3 Å². The van der Waals surface area contributed by atoms with Gasteiger partial charge >= 0.3 is 5.97 Å². The number of benzene rings is 1. The highest BCUT2D eigenvalue weighted by Gasteiger charge is 2.28. The minimum Gasteiger partial charge on any atom is -0.477 e. The molecule has 0 unspecified atom stereocenters. The number of halogens is 1. The first-order chi connectivity index (χ1) is 9.41. The van der Waals surface area contributed by atoms with Crippen molar-refractivity contribution in [2.75, 3.05) is 5.73 Å². The van der Waals surface area contributed by atoms with Gasteiger partial charge in [0.05, 0.1) is 16.6 Å². The number of hydrogen-bond acceptors (Lipinski definition) is 3. The van der Waals surface area contributed by atoms with Crippen molar-refractivity contribution >= 4 is 22.6 Å². The molecule has 2 aromatic rings. The molecule has 1 aromatic heterocycles. The lowest BCUT2D eigenvalue weighted by molar-refractivity contribution is 0.0695. The summed E-state index contributed by atoms with van der Waals surface area (Å²) in [5, 5.41) is 9.10. The second kappa shape index (κ2) is 4.06. The summed E-state index contributed by atoms with van der Waals surface area (Å²) in [4.78, 5) is 23.4. The van der Waals surface area contributed by atoms with Crippen LogP contribution in [0.4, 0.5) is 10.1 Å². The van der Waals surface area contributed by atoms with Gasteiger partial charge in [0.15, 0.2) is 0 Å². The molecule has 1 fully saturated rings. The molecule has 0 amide bonds. The van der Waals surface area contributed by atoms with Crippen LogP contribution in [-0.4, -0.2) is 15.6 Å². The van der Waals surface area contributed by atoms with Crippen molar-refractivity contribution in [1.29, 1.82) is 0 Å². The molecule has 1 heterocycles. The average Bonchev–Trinajstić information content (AvgIpc) is 3.19. The summed E-state index contributed by atoms with van der Waals surface area (Å²) in [6.45, 7) is 1.68. The van der Waals surface area contributed by atoms with Gasteiger partial charge in [0.2, 0.25) is 5.43 Å². The molecule has 104 valence electrons. The summed E-state index contributed by atoms with van der Waals surface area (Å²) >= 11 is 0. The fraction of sp³-hybridized carbons (Fsp3) is 0.286. The van der Waals surface area contributed by atoms with Crippen LogP contribution >= 0.6 is 0 Å². The highest BCUT2D eigenvalue weighted by Crippen LogP contribution is 2.38. The third kappa shape index (κ3) is 1.68. The molecule has 20 heavy (non-hydrogen) atoms. The van der Waals surface area contributed by atoms with Crippen LogP contribution in [0.3, 0.4) is 0 Å². The lowest BCUT2D eigenvalue weighted by atomic mass is 10.0. The lowest BCUT2D eigenvalue weighted by Gasteiger charge is -2.15. The SMILES string of the molecule is Cc1cc(F)c(N)c2c(=O)c(C(=O)O)cn(C3CC3)c12. The van der Waals surface area contributed by atoms with E-state index in [4.69, 9.17) is 10.8 Å². The van der Waals surface area contributed by atoms with Crippen molar-refractivity contribution in [3.05, 3.63) is 39.4 Å². The predicted molar refractivity (Wildman–Crippen MR) is 72.5 cm³/mol. The lowest BCUT2D eigenvalue weighted by Crippen LogP contribution is -2.20. The molecule has 0 aliphatic heterocycles. The number of fused-ring (bicyclic) bond motifs is 1. The van der Waals surface area contributed by atoms with Gasteiger partial charge in [-0.25, -0.2) is 9.18 Å². The number of nitrogens with two attached hydrogens (primary N) is 1. The first-order valence-corrected chi connectivity index (χ1v) is 6.28. The standard InChI is InChI=1S/C14H13FN2O3/c1-6-4-9(15)11(16)10-12(6)17(7-2-3-7)5-8(13(10)18)14(19)20/h4-5,7H,2-3,16H2,1H3,(H,19,20). The van der Waals surface area contributed by atoms with Crippen LogP contribution in [-0.2, 0) is 0 Å². The van der Waals surface area contributed by atoms with Crippen LogP contribution < -0.4 is 11.2 Å². The number of carbonyl (C=O) groups is 1. The predicted octanol–water partition coefficient (Wildman–Crippen LogP) is 2.06. The second-order valence-electron chi connectivity index (χ2n) is 5.13. The number of pyridine rings is 1. The van der Waals surface area contributed by atoms with Gasteiger partial charge in [0, 0.05) is 12.2 Å². The molecule has 3 rings (SSSR count). The van der Waals surface area contributed by atoms with E-state index in [1.165, 1.54) is 12.3 Å². The van der Waals surface area contributed by atoms with Gasteiger partial charge in [-0.15, -0.1) is 0 Å². The molecule has 5 nitrogen and oxygen atoms in total. The number of nitrogens with zero attached hydrogens (tertiary/aromatic N) is 1. The molecule has 1 aliphatic carbocycles. The first-order valence-electron chi connectivity index (χ1n) is 6.28. The Morgan fingerprint density at radius 1 is 1.50 bits per heavy atom. The van der Waals surface area contributed by atoms with Crippen LogP contribution in [0.5, 0.6) is 0 Å². The third-order valence-electron chi connectivity index (χ3n) is 3.65. The van der Waals surface area contributed by atoms with Crippen LogP contribution in [0.1, 0.15) is 34.8 Å². The fourth-order valence-corrected chi connectivity index (χ4v) is 2.53. The normalized spacial score (nSPS) is 14.7. The van der Waals surface area contributed by atoms with E-state index < -0.39 is 17.2 Å². The molecule has 1 aromatic carbocycles. The van der Waals surface area contributed by atoms with Crippen LogP contribution in [0.2, 0.25) is 0 Å². The van der Waals surface area contributed by atoms with E-state index in [0.717, 1.165) is 12.8 Å². The minimum absolute atomic E-state index is 0.0331. The maximum absolute atomic E-state index is 13.8. The van der Waals surface area contributed by atoms with E-state index in [9.17, 15) is 14.0 Å². The van der Waals surface area contributed by atoms with Crippen molar-refractivity contribution in [2.45, 2.75) is 25.8 Å². The molecule has 0 saturated heterocycles. The Hall–Kier alpha value is -2.37. The Morgan fingerprint density at radius 2 is 2.15 bits per heavy atom. The van der Waals surface area contributed by atoms with Gasteiger partial charge in [-0.3, -0.25) is 4.79 Å². The van der Waals surface area contributed by atoms with E-state index in [2.05, 4.69) is 0 Å². The van der Waals surface area contributed by atoms with E-state index >= 15 is 0 Å². The highest BCUT2D eigenvalue weighted by atomic mass is 19.1. The van der Waals surface area contributed by atoms with E-state index in [0.29, 0.717) is 11.1 Å². The smallest absolute Gasteiger partial charge is 0.341 e. The summed E-state index contributed by atoms with van der Waals surface area (Å²) < 4.78 is 15.5. The Kier molecular flexibility index (Phi) is 2.57.